The number of nitrogens with zero attached hydrogens (tertiary/aromatic N) is 1. The van der Waals surface area contributed by atoms with Crippen LogP contribution in [0.5, 0.6) is 0 Å². The molecule has 0 N–H and O–H groups in total. The van der Waals surface area contributed by atoms with Crippen molar-refractivity contribution < 1.29 is 4.84 Å². The lowest BCUT2D eigenvalue weighted by Crippen LogP contribution is -1.96. The van der Waals surface area contributed by atoms with Crippen molar-refractivity contribution in [2.24, 2.45) is 5.16 Å². The fourth-order valence-electron chi connectivity index (χ4n) is 0.966. The highest BCUT2D eigenvalue weighted by Gasteiger charge is 1.94. The molecule has 0 aliphatic carbocycles. The lowest BCUT2D eigenvalue weighted by molar-refractivity contribution is 0.145. The van der Waals surface area contributed by atoms with Gasteiger partial charge in [0, 0.05) is 0 Å². The molecule has 2 heteroatoms. The minimum atomic E-state index is 0.685. The molecule has 0 aliphatic heterocycles. The third-order valence-electron chi connectivity index (χ3n) is 1.69. The first-order valence-corrected chi connectivity index (χ1v) is 4.56. The van der Waals surface area contributed by atoms with Crippen LogP contribution in [-0.4, -0.2) is 12.3 Å². The van der Waals surface area contributed by atoms with Gasteiger partial charge in [-0.1, -0.05) is 42.4 Å². The molecule has 0 saturated heterocycles. The monoisotopic (exact) mass is 177 g/mol. The van der Waals surface area contributed by atoms with Crippen LogP contribution in [0.15, 0.2) is 35.5 Å². The second-order valence-corrected chi connectivity index (χ2v) is 2.88. The molecule has 0 spiro atoms. The molecular formula is C11H15NO. The Balaban J connectivity index is 2.57. The summed E-state index contributed by atoms with van der Waals surface area (Å²) in [4.78, 5) is 5.09. The molecule has 0 amide bonds. The summed E-state index contributed by atoms with van der Waals surface area (Å²) in [5.41, 5.74) is 2.03. The Morgan fingerprint density at radius 3 is 2.62 bits per heavy atom. The molecule has 0 aliphatic rings. The van der Waals surface area contributed by atoms with E-state index in [4.69, 9.17) is 4.84 Å². The minimum absolute atomic E-state index is 0.685. The molecule has 0 atom stereocenters. The summed E-state index contributed by atoms with van der Waals surface area (Å²) in [6.07, 6.45) is 0.992. The van der Waals surface area contributed by atoms with Crippen LogP contribution in [-0.2, 0) is 4.84 Å². The summed E-state index contributed by atoms with van der Waals surface area (Å²) in [6.45, 7) is 4.70. The van der Waals surface area contributed by atoms with E-state index in [-0.39, 0.29) is 0 Å². The Morgan fingerprint density at radius 2 is 2.00 bits per heavy atom. The van der Waals surface area contributed by atoms with Crippen molar-refractivity contribution in [1.29, 1.82) is 0 Å². The fourth-order valence-corrected chi connectivity index (χ4v) is 0.966. The first-order valence-electron chi connectivity index (χ1n) is 4.56. The van der Waals surface area contributed by atoms with Crippen molar-refractivity contribution in [3.8, 4) is 0 Å². The molecular weight excluding hydrogens is 162 g/mol. The van der Waals surface area contributed by atoms with E-state index in [0.717, 1.165) is 17.7 Å². The number of hydrogen-bond acceptors (Lipinski definition) is 2. The highest BCUT2D eigenvalue weighted by molar-refractivity contribution is 5.98. The van der Waals surface area contributed by atoms with Crippen LogP contribution in [0.25, 0.3) is 0 Å². The van der Waals surface area contributed by atoms with Gasteiger partial charge >= 0.3 is 0 Å². The highest BCUT2D eigenvalue weighted by atomic mass is 16.6. The fraction of sp³-hybridized carbons (Fsp3) is 0.364. The maximum absolute atomic E-state index is 5.09. The molecule has 0 saturated carbocycles. The zero-order valence-electron chi connectivity index (χ0n) is 8.16. The van der Waals surface area contributed by atoms with E-state index in [1.807, 2.05) is 37.3 Å². The zero-order valence-corrected chi connectivity index (χ0v) is 8.16. The summed E-state index contributed by atoms with van der Waals surface area (Å²) in [5.74, 6) is 0. The molecule has 13 heavy (non-hydrogen) atoms. The van der Waals surface area contributed by atoms with Gasteiger partial charge in [-0.05, 0) is 18.9 Å². The van der Waals surface area contributed by atoms with Gasteiger partial charge < -0.3 is 4.84 Å². The molecule has 0 radical (unpaired) electrons. The normalized spacial score (nSPS) is 11.4. The van der Waals surface area contributed by atoms with Crippen molar-refractivity contribution in [1.82, 2.24) is 0 Å². The third-order valence-corrected chi connectivity index (χ3v) is 1.69. The van der Waals surface area contributed by atoms with Crippen molar-refractivity contribution in [3.05, 3.63) is 35.9 Å². The van der Waals surface area contributed by atoms with E-state index in [0.29, 0.717) is 6.61 Å². The molecule has 0 fully saturated rings. The third kappa shape index (κ3) is 3.28. The smallest absolute Gasteiger partial charge is 0.116 e. The van der Waals surface area contributed by atoms with Crippen molar-refractivity contribution in [2.45, 2.75) is 20.3 Å². The predicted octanol–water partition coefficient (Wildman–Crippen LogP) is 2.84. The van der Waals surface area contributed by atoms with Gasteiger partial charge in [-0.25, -0.2) is 0 Å². The van der Waals surface area contributed by atoms with Crippen LogP contribution in [0, 0.1) is 0 Å². The maximum atomic E-state index is 5.09. The number of rotatable bonds is 4. The van der Waals surface area contributed by atoms with E-state index in [9.17, 15) is 0 Å². The van der Waals surface area contributed by atoms with E-state index in [1.54, 1.807) is 0 Å². The van der Waals surface area contributed by atoms with Gasteiger partial charge in [-0.15, -0.1) is 0 Å². The predicted molar refractivity (Wildman–Crippen MR) is 54.9 cm³/mol. The van der Waals surface area contributed by atoms with Crippen LogP contribution in [0.2, 0.25) is 0 Å². The lowest BCUT2D eigenvalue weighted by Gasteiger charge is -2.00. The maximum Gasteiger partial charge on any atom is 0.116 e. The topological polar surface area (TPSA) is 21.6 Å². The van der Waals surface area contributed by atoms with E-state index < -0.39 is 0 Å². The van der Waals surface area contributed by atoms with Gasteiger partial charge in [0.2, 0.25) is 0 Å². The van der Waals surface area contributed by atoms with Gasteiger partial charge in [0.05, 0.1) is 5.71 Å². The Labute approximate surface area is 79.2 Å². The summed E-state index contributed by atoms with van der Waals surface area (Å²) in [7, 11) is 0. The Kier molecular flexibility index (Phi) is 4.03. The average Bonchev–Trinajstić information content (AvgIpc) is 2.19. The van der Waals surface area contributed by atoms with Crippen molar-refractivity contribution in [2.75, 3.05) is 6.61 Å². The van der Waals surface area contributed by atoms with Gasteiger partial charge in [0.1, 0.15) is 6.61 Å². The van der Waals surface area contributed by atoms with Crippen molar-refractivity contribution in [3.63, 3.8) is 0 Å². The minimum Gasteiger partial charge on any atom is -0.396 e. The van der Waals surface area contributed by atoms with Gasteiger partial charge in [0.25, 0.3) is 0 Å². The lowest BCUT2D eigenvalue weighted by atomic mass is 10.1. The van der Waals surface area contributed by atoms with E-state index in [1.165, 1.54) is 0 Å². The Hall–Kier alpha value is -1.31. The number of benzene rings is 1. The number of oxime groups is 1. The summed E-state index contributed by atoms with van der Waals surface area (Å²) < 4.78 is 0. The molecule has 2 nitrogen and oxygen atoms in total. The molecule has 0 aromatic heterocycles. The van der Waals surface area contributed by atoms with E-state index >= 15 is 0 Å². The van der Waals surface area contributed by atoms with Crippen LogP contribution < -0.4 is 0 Å². The molecule has 0 unspecified atom stereocenters. The molecule has 0 bridgehead atoms. The highest BCUT2D eigenvalue weighted by Crippen LogP contribution is 2.00. The second kappa shape index (κ2) is 5.36. The molecule has 70 valence electrons. The van der Waals surface area contributed by atoms with Gasteiger partial charge in [-0.2, -0.15) is 0 Å². The summed E-state index contributed by atoms with van der Waals surface area (Å²) in [5, 5.41) is 4.00. The first-order chi connectivity index (χ1) is 6.34. The average molecular weight is 177 g/mol. The van der Waals surface area contributed by atoms with Crippen LogP contribution in [0.4, 0.5) is 0 Å². The van der Waals surface area contributed by atoms with Gasteiger partial charge in [0.15, 0.2) is 0 Å². The van der Waals surface area contributed by atoms with Crippen molar-refractivity contribution >= 4 is 5.71 Å². The summed E-state index contributed by atoms with van der Waals surface area (Å²) in [6, 6.07) is 10.0. The van der Waals surface area contributed by atoms with Crippen LogP contribution >= 0.6 is 0 Å². The van der Waals surface area contributed by atoms with Crippen LogP contribution in [0.3, 0.4) is 0 Å². The Bertz CT molecular complexity index is 267. The standard InChI is InChI=1S/C11H15NO/c1-3-9-13-12-10(2)11-7-5-4-6-8-11/h4-8H,3,9H2,1-2H3/b12-10+. The molecule has 0 heterocycles. The first kappa shape index (κ1) is 9.78. The zero-order chi connectivity index (χ0) is 9.52. The quantitative estimate of drug-likeness (QED) is 0.393. The number of hydrogen-bond donors (Lipinski definition) is 0. The molecule has 1 rings (SSSR count). The summed E-state index contributed by atoms with van der Waals surface area (Å²) >= 11 is 0. The second-order valence-electron chi connectivity index (χ2n) is 2.88. The van der Waals surface area contributed by atoms with Crippen LogP contribution in [0.1, 0.15) is 25.8 Å². The molecule has 1 aromatic carbocycles. The largest absolute Gasteiger partial charge is 0.396 e. The SMILES string of the molecule is CCCO/N=C(\C)c1ccccc1. The molecule has 1 aromatic rings. The Morgan fingerprint density at radius 1 is 1.31 bits per heavy atom. The van der Waals surface area contributed by atoms with Gasteiger partial charge in [-0.3, -0.25) is 0 Å². The van der Waals surface area contributed by atoms with E-state index in [2.05, 4.69) is 12.1 Å².